The third kappa shape index (κ3) is 5.22. The lowest BCUT2D eigenvalue weighted by molar-refractivity contribution is 0.0697. The number of carbonyl (C=O) groups is 3. The van der Waals surface area contributed by atoms with E-state index in [-0.39, 0.29) is 16.9 Å². The minimum atomic E-state index is -1.22. The van der Waals surface area contributed by atoms with Crippen molar-refractivity contribution in [1.82, 2.24) is 0 Å². The van der Waals surface area contributed by atoms with Crippen molar-refractivity contribution in [3.63, 3.8) is 0 Å². The number of para-hydroxylation sites is 2. The standard InChI is InChI=1S/C33H26N4O4/c34-32(40)36(26-18-9-7-16-24(26)22-12-3-1-4-13-22)28-20-11-21-29(30(28)23-14-5-2-6-15-23)37(33(35)41)27-19-10-8-17-25(27)31(38)39/h1-21H,(H2,34,40)(H2,35,41)(H,38,39). The van der Waals surface area contributed by atoms with Gasteiger partial charge in [-0.05, 0) is 41.5 Å². The van der Waals surface area contributed by atoms with Crippen LogP contribution in [0.3, 0.4) is 0 Å². The summed E-state index contributed by atoms with van der Waals surface area (Å²) in [5.74, 6) is -1.22. The van der Waals surface area contributed by atoms with Crippen molar-refractivity contribution < 1.29 is 19.5 Å². The van der Waals surface area contributed by atoms with Gasteiger partial charge in [-0.2, -0.15) is 0 Å². The highest BCUT2D eigenvalue weighted by molar-refractivity contribution is 6.12. The number of anilines is 4. The molecule has 0 aromatic heterocycles. The molecule has 0 atom stereocenters. The van der Waals surface area contributed by atoms with Crippen LogP contribution in [0.5, 0.6) is 0 Å². The molecule has 41 heavy (non-hydrogen) atoms. The number of hydrogen-bond donors (Lipinski definition) is 3. The fraction of sp³-hybridized carbons (Fsp3) is 0. The molecule has 8 heteroatoms. The van der Waals surface area contributed by atoms with Gasteiger partial charge in [-0.1, -0.05) is 97.1 Å². The van der Waals surface area contributed by atoms with E-state index in [0.717, 1.165) is 16.0 Å². The lowest BCUT2D eigenvalue weighted by atomic mass is 9.97. The SMILES string of the molecule is NC(=O)N(c1ccccc1C(=O)O)c1cccc(N(C(N)=O)c2ccccc2-c2ccccc2)c1-c1ccccc1. The fourth-order valence-corrected chi connectivity index (χ4v) is 4.92. The molecule has 0 fully saturated rings. The molecular weight excluding hydrogens is 516 g/mol. The Labute approximate surface area is 236 Å². The number of carboxylic acids is 1. The topological polar surface area (TPSA) is 130 Å². The number of aromatic carboxylic acids is 1. The molecule has 0 radical (unpaired) electrons. The van der Waals surface area contributed by atoms with Crippen molar-refractivity contribution in [2.75, 3.05) is 9.80 Å². The molecule has 5 aromatic rings. The average molecular weight is 543 g/mol. The summed E-state index contributed by atoms with van der Waals surface area (Å²) in [6, 6.07) is 35.6. The van der Waals surface area contributed by atoms with Crippen molar-refractivity contribution in [1.29, 1.82) is 0 Å². The van der Waals surface area contributed by atoms with Crippen LogP contribution in [0, 0.1) is 0 Å². The Kier molecular flexibility index (Phi) is 7.47. The summed E-state index contributed by atoms with van der Waals surface area (Å²) in [6.07, 6.45) is 0. The molecular formula is C33H26N4O4. The second kappa shape index (κ2) is 11.5. The minimum absolute atomic E-state index is 0.0807. The maximum Gasteiger partial charge on any atom is 0.337 e. The maximum atomic E-state index is 13.3. The highest BCUT2D eigenvalue weighted by Gasteiger charge is 2.29. The van der Waals surface area contributed by atoms with E-state index in [1.54, 1.807) is 36.4 Å². The van der Waals surface area contributed by atoms with Gasteiger partial charge in [-0.3, -0.25) is 9.80 Å². The smallest absolute Gasteiger partial charge is 0.337 e. The van der Waals surface area contributed by atoms with E-state index in [9.17, 15) is 19.5 Å². The average Bonchev–Trinajstić information content (AvgIpc) is 2.98. The summed E-state index contributed by atoms with van der Waals surface area (Å²) < 4.78 is 0. The van der Waals surface area contributed by atoms with Crippen LogP contribution in [0.2, 0.25) is 0 Å². The van der Waals surface area contributed by atoms with Crippen molar-refractivity contribution in [2.45, 2.75) is 0 Å². The van der Waals surface area contributed by atoms with Gasteiger partial charge in [-0.25, -0.2) is 14.4 Å². The first-order valence-corrected chi connectivity index (χ1v) is 12.7. The van der Waals surface area contributed by atoms with Crippen LogP contribution in [0.15, 0.2) is 127 Å². The second-order valence-electron chi connectivity index (χ2n) is 9.09. The molecule has 5 N–H and O–H groups in total. The Morgan fingerprint density at radius 1 is 0.488 bits per heavy atom. The van der Waals surface area contributed by atoms with Gasteiger partial charge in [0.2, 0.25) is 0 Å². The number of rotatable bonds is 7. The van der Waals surface area contributed by atoms with Crippen molar-refractivity contribution in [2.24, 2.45) is 11.5 Å². The summed E-state index contributed by atoms with van der Waals surface area (Å²) in [6.45, 7) is 0. The van der Waals surface area contributed by atoms with E-state index in [1.807, 2.05) is 78.9 Å². The zero-order valence-electron chi connectivity index (χ0n) is 21.8. The van der Waals surface area contributed by atoms with E-state index in [2.05, 4.69) is 0 Å². The van der Waals surface area contributed by atoms with Crippen LogP contribution >= 0.6 is 0 Å². The van der Waals surface area contributed by atoms with Crippen molar-refractivity contribution in [3.8, 4) is 22.3 Å². The molecule has 8 nitrogen and oxygen atoms in total. The molecule has 0 bridgehead atoms. The number of benzene rings is 5. The number of urea groups is 2. The fourth-order valence-electron chi connectivity index (χ4n) is 4.92. The summed E-state index contributed by atoms with van der Waals surface area (Å²) in [4.78, 5) is 40.9. The molecule has 5 rings (SSSR count). The van der Waals surface area contributed by atoms with Gasteiger partial charge in [0.15, 0.2) is 0 Å². The van der Waals surface area contributed by atoms with Gasteiger partial charge in [0.1, 0.15) is 0 Å². The third-order valence-corrected chi connectivity index (χ3v) is 6.61. The largest absolute Gasteiger partial charge is 0.478 e. The third-order valence-electron chi connectivity index (χ3n) is 6.61. The van der Waals surface area contributed by atoms with Gasteiger partial charge >= 0.3 is 18.0 Å². The summed E-state index contributed by atoms with van der Waals surface area (Å²) in [7, 11) is 0. The molecule has 0 aliphatic carbocycles. The molecule has 5 aromatic carbocycles. The van der Waals surface area contributed by atoms with Gasteiger partial charge in [-0.15, -0.1) is 0 Å². The lowest BCUT2D eigenvalue weighted by Gasteiger charge is -2.30. The molecule has 202 valence electrons. The first kappa shape index (κ1) is 26.7. The predicted molar refractivity (Wildman–Crippen MR) is 161 cm³/mol. The number of carboxylic acid groups (broad SMARTS) is 1. The molecule has 0 saturated carbocycles. The monoisotopic (exact) mass is 542 g/mol. The Bertz CT molecular complexity index is 1740. The molecule has 0 unspecified atom stereocenters. The first-order valence-electron chi connectivity index (χ1n) is 12.7. The second-order valence-corrected chi connectivity index (χ2v) is 9.09. The molecule has 0 aliphatic heterocycles. The van der Waals surface area contributed by atoms with E-state index >= 15 is 0 Å². The maximum absolute atomic E-state index is 13.3. The normalized spacial score (nSPS) is 10.5. The number of hydrogen-bond acceptors (Lipinski definition) is 3. The van der Waals surface area contributed by atoms with Gasteiger partial charge in [0.25, 0.3) is 0 Å². The Morgan fingerprint density at radius 3 is 1.49 bits per heavy atom. The quantitative estimate of drug-likeness (QED) is 0.202. The summed E-state index contributed by atoms with van der Waals surface area (Å²) in [5, 5.41) is 9.88. The molecule has 0 spiro atoms. The highest BCUT2D eigenvalue weighted by atomic mass is 16.4. The van der Waals surface area contributed by atoms with Crippen molar-refractivity contribution in [3.05, 3.63) is 133 Å². The Morgan fingerprint density at radius 2 is 0.927 bits per heavy atom. The number of amides is 4. The van der Waals surface area contributed by atoms with Gasteiger partial charge in [0, 0.05) is 11.1 Å². The molecule has 0 saturated heterocycles. The molecule has 0 aliphatic rings. The van der Waals surface area contributed by atoms with E-state index < -0.39 is 18.0 Å². The van der Waals surface area contributed by atoms with Crippen molar-refractivity contribution >= 4 is 40.8 Å². The Hall–Kier alpha value is -5.89. The van der Waals surface area contributed by atoms with Crippen LogP contribution in [0.25, 0.3) is 22.3 Å². The van der Waals surface area contributed by atoms with Gasteiger partial charge < -0.3 is 16.6 Å². The highest BCUT2D eigenvalue weighted by Crippen LogP contribution is 2.45. The number of nitrogens with zero attached hydrogens (tertiary/aromatic N) is 2. The Balaban J connectivity index is 1.83. The number of primary amides is 2. The van der Waals surface area contributed by atoms with E-state index in [1.165, 1.54) is 17.0 Å². The van der Waals surface area contributed by atoms with Crippen LogP contribution in [-0.2, 0) is 0 Å². The molecule has 0 heterocycles. The minimum Gasteiger partial charge on any atom is -0.478 e. The van der Waals surface area contributed by atoms with E-state index in [4.69, 9.17) is 11.5 Å². The number of nitrogens with two attached hydrogens (primary N) is 2. The van der Waals surface area contributed by atoms with Crippen LogP contribution in [0.1, 0.15) is 10.4 Å². The van der Waals surface area contributed by atoms with E-state index in [0.29, 0.717) is 22.5 Å². The lowest BCUT2D eigenvalue weighted by Crippen LogP contribution is -2.35. The van der Waals surface area contributed by atoms with Crippen LogP contribution in [0.4, 0.5) is 32.3 Å². The van der Waals surface area contributed by atoms with Gasteiger partial charge in [0.05, 0.1) is 28.3 Å². The van der Waals surface area contributed by atoms with Crippen LogP contribution in [-0.4, -0.2) is 23.1 Å². The predicted octanol–water partition coefficient (Wildman–Crippen LogP) is 7.15. The first-order chi connectivity index (χ1) is 19.9. The summed E-state index contributed by atoms with van der Waals surface area (Å²) >= 11 is 0. The zero-order chi connectivity index (χ0) is 28.9. The summed E-state index contributed by atoms with van der Waals surface area (Å²) in [5.41, 5.74) is 15.9. The number of carbonyl (C=O) groups excluding carboxylic acids is 2. The molecule has 4 amide bonds. The van der Waals surface area contributed by atoms with Crippen LogP contribution < -0.4 is 21.3 Å². The zero-order valence-corrected chi connectivity index (χ0v) is 21.8.